The Kier molecular flexibility index (Phi) is 2.15. The molecule has 0 fully saturated rings. The molecular formula is C8H8NO. The molecule has 0 unspecified atom stereocenters. The molecule has 0 aliphatic carbocycles. The van der Waals surface area contributed by atoms with Crippen molar-refractivity contribution >= 4 is 5.78 Å². The van der Waals surface area contributed by atoms with Crippen LogP contribution in [0.2, 0.25) is 0 Å². The quantitative estimate of drug-likeness (QED) is 0.573. The predicted molar refractivity (Wildman–Crippen MR) is 37.7 cm³/mol. The number of Topliss-reactive ketones (excluding diaryl/α,β-unsaturated/α-hetero) is 1. The second kappa shape index (κ2) is 3.11. The predicted octanol–water partition coefficient (Wildman–Crippen LogP) is 1.47. The molecule has 10 heavy (non-hydrogen) atoms. The first-order valence-electron chi connectivity index (χ1n) is 3.20. The molecule has 0 aromatic carbocycles. The SMILES string of the molecule is CCC(=O)c1c[c]ccn1. The van der Waals surface area contributed by atoms with E-state index < -0.39 is 0 Å². The Balaban J connectivity index is 2.85. The average Bonchev–Trinajstić information content (AvgIpc) is 2.05. The maximum atomic E-state index is 10.9. The van der Waals surface area contributed by atoms with E-state index in [4.69, 9.17) is 0 Å². The number of rotatable bonds is 2. The molecular weight excluding hydrogens is 126 g/mol. The number of carbonyl (C=O) groups is 1. The maximum Gasteiger partial charge on any atom is 0.180 e. The summed E-state index contributed by atoms with van der Waals surface area (Å²) >= 11 is 0. The van der Waals surface area contributed by atoms with E-state index in [1.807, 2.05) is 6.92 Å². The van der Waals surface area contributed by atoms with E-state index in [0.717, 1.165) is 0 Å². The van der Waals surface area contributed by atoms with Crippen molar-refractivity contribution in [3.8, 4) is 0 Å². The van der Waals surface area contributed by atoms with Crippen LogP contribution in [0.4, 0.5) is 0 Å². The van der Waals surface area contributed by atoms with Crippen LogP contribution in [0.5, 0.6) is 0 Å². The van der Waals surface area contributed by atoms with Crippen LogP contribution in [0, 0.1) is 6.07 Å². The molecule has 0 N–H and O–H groups in total. The van der Waals surface area contributed by atoms with Crippen molar-refractivity contribution in [3.05, 3.63) is 30.1 Å². The third-order valence-corrected chi connectivity index (χ3v) is 1.21. The van der Waals surface area contributed by atoms with Gasteiger partial charge in [-0.25, -0.2) is 0 Å². The Morgan fingerprint density at radius 1 is 1.80 bits per heavy atom. The van der Waals surface area contributed by atoms with Crippen LogP contribution < -0.4 is 0 Å². The smallest absolute Gasteiger partial charge is 0.180 e. The molecule has 1 radical (unpaired) electrons. The fourth-order valence-electron chi connectivity index (χ4n) is 0.659. The summed E-state index contributed by atoms with van der Waals surface area (Å²) in [5, 5.41) is 0. The summed E-state index contributed by atoms with van der Waals surface area (Å²) in [7, 11) is 0. The molecule has 0 aliphatic heterocycles. The van der Waals surface area contributed by atoms with Crippen molar-refractivity contribution < 1.29 is 4.79 Å². The van der Waals surface area contributed by atoms with Gasteiger partial charge in [-0.1, -0.05) is 6.92 Å². The Hall–Kier alpha value is -1.18. The van der Waals surface area contributed by atoms with Crippen molar-refractivity contribution in [2.24, 2.45) is 0 Å². The normalized spacial score (nSPS) is 9.30. The van der Waals surface area contributed by atoms with E-state index in [1.165, 1.54) is 0 Å². The lowest BCUT2D eigenvalue weighted by Crippen LogP contribution is -1.98. The number of hydrogen-bond acceptors (Lipinski definition) is 2. The molecule has 2 heteroatoms. The van der Waals surface area contributed by atoms with E-state index in [2.05, 4.69) is 11.1 Å². The van der Waals surface area contributed by atoms with Crippen molar-refractivity contribution in [1.82, 2.24) is 4.98 Å². The third kappa shape index (κ3) is 1.41. The van der Waals surface area contributed by atoms with Gasteiger partial charge in [0.25, 0.3) is 0 Å². The minimum Gasteiger partial charge on any atom is -0.292 e. The Labute approximate surface area is 59.9 Å². The van der Waals surface area contributed by atoms with E-state index >= 15 is 0 Å². The minimum atomic E-state index is 0.0665. The van der Waals surface area contributed by atoms with Gasteiger partial charge in [0.1, 0.15) is 5.69 Å². The second-order valence-corrected chi connectivity index (χ2v) is 1.92. The van der Waals surface area contributed by atoms with E-state index in [9.17, 15) is 4.79 Å². The maximum absolute atomic E-state index is 10.9. The standard InChI is InChI=1S/C8H8NO/c1-2-8(10)7-5-3-4-6-9-7/h4-6H,2H2,1H3. The molecule has 0 atom stereocenters. The molecule has 0 spiro atoms. The Bertz CT molecular complexity index is 218. The summed E-state index contributed by atoms with van der Waals surface area (Å²) in [5.41, 5.74) is 0.505. The van der Waals surface area contributed by atoms with Crippen LogP contribution >= 0.6 is 0 Å². The zero-order valence-electron chi connectivity index (χ0n) is 5.79. The zero-order valence-corrected chi connectivity index (χ0v) is 5.79. The van der Waals surface area contributed by atoms with Gasteiger partial charge in [-0.05, 0) is 18.2 Å². The highest BCUT2D eigenvalue weighted by molar-refractivity contribution is 5.93. The number of aromatic nitrogens is 1. The summed E-state index contributed by atoms with van der Waals surface area (Å²) in [6, 6.07) is 6.07. The van der Waals surface area contributed by atoms with Gasteiger partial charge in [0.2, 0.25) is 0 Å². The van der Waals surface area contributed by atoms with Gasteiger partial charge in [-0.3, -0.25) is 9.78 Å². The molecule has 1 aromatic rings. The summed E-state index contributed by atoms with van der Waals surface area (Å²) in [6.07, 6.45) is 2.08. The van der Waals surface area contributed by atoms with Gasteiger partial charge < -0.3 is 0 Å². The number of ketones is 1. The average molecular weight is 134 g/mol. The van der Waals surface area contributed by atoms with E-state index in [1.54, 1.807) is 18.3 Å². The lowest BCUT2D eigenvalue weighted by Gasteiger charge is -1.92. The van der Waals surface area contributed by atoms with E-state index in [0.29, 0.717) is 12.1 Å². The molecule has 0 saturated carbocycles. The third-order valence-electron chi connectivity index (χ3n) is 1.21. The molecule has 51 valence electrons. The topological polar surface area (TPSA) is 30.0 Å². The van der Waals surface area contributed by atoms with Gasteiger partial charge in [0.05, 0.1) is 0 Å². The number of carbonyl (C=O) groups excluding carboxylic acids is 1. The van der Waals surface area contributed by atoms with Crippen LogP contribution in [-0.2, 0) is 0 Å². The van der Waals surface area contributed by atoms with Crippen LogP contribution in [-0.4, -0.2) is 10.8 Å². The van der Waals surface area contributed by atoms with E-state index in [-0.39, 0.29) is 5.78 Å². The van der Waals surface area contributed by atoms with Gasteiger partial charge in [0, 0.05) is 12.6 Å². The fourth-order valence-corrected chi connectivity index (χ4v) is 0.659. The number of nitrogens with zero attached hydrogens (tertiary/aromatic N) is 1. The van der Waals surface area contributed by atoms with Crippen LogP contribution in [0.15, 0.2) is 18.3 Å². The van der Waals surface area contributed by atoms with Crippen LogP contribution in [0.3, 0.4) is 0 Å². The lowest BCUT2D eigenvalue weighted by molar-refractivity contribution is 0.0983. The van der Waals surface area contributed by atoms with Gasteiger partial charge in [-0.15, -0.1) is 0 Å². The zero-order chi connectivity index (χ0) is 7.40. The van der Waals surface area contributed by atoms with Crippen LogP contribution in [0.25, 0.3) is 0 Å². The molecule has 0 amide bonds. The largest absolute Gasteiger partial charge is 0.292 e. The molecule has 0 saturated heterocycles. The van der Waals surface area contributed by atoms with Gasteiger partial charge in [0.15, 0.2) is 5.78 Å². The summed E-state index contributed by atoms with van der Waals surface area (Å²) < 4.78 is 0. The first-order chi connectivity index (χ1) is 4.84. The van der Waals surface area contributed by atoms with Crippen molar-refractivity contribution in [1.29, 1.82) is 0 Å². The Morgan fingerprint density at radius 2 is 2.60 bits per heavy atom. The van der Waals surface area contributed by atoms with Crippen LogP contribution in [0.1, 0.15) is 23.8 Å². The van der Waals surface area contributed by atoms with Crippen molar-refractivity contribution in [2.45, 2.75) is 13.3 Å². The summed E-state index contributed by atoms with van der Waals surface area (Å²) in [5.74, 6) is 0.0665. The lowest BCUT2D eigenvalue weighted by atomic mass is 10.2. The molecule has 0 aliphatic rings. The molecule has 2 nitrogen and oxygen atoms in total. The highest BCUT2D eigenvalue weighted by Gasteiger charge is 2.00. The first kappa shape index (κ1) is 6.93. The Morgan fingerprint density at radius 3 is 3.10 bits per heavy atom. The highest BCUT2D eigenvalue weighted by atomic mass is 16.1. The summed E-state index contributed by atoms with van der Waals surface area (Å²) in [4.78, 5) is 14.8. The highest BCUT2D eigenvalue weighted by Crippen LogP contribution is 1.96. The fraction of sp³-hybridized carbons (Fsp3) is 0.250. The molecule has 0 bridgehead atoms. The van der Waals surface area contributed by atoms with Crippen molar-refractivity contribution in [2.75, 3.05) is 0 Å². The van der Waals surface area contributed by atoms with Gasteiger partial charge >= 0.3 is 0 Å². The first-order valence-corrected chi connectivity index (χ1v) is 3.20. The summed E-state index contributed by atoms with van der Waals surface area (Å²) in [6.45, 7) is 1.82. The monoisotopic (exact) mass is 134 g/mol. The molecule has 1 aromatic heterocycles. The molecule has 1 heterocycles. The minimum absolute atomic E-state index is 0.0665. The number of pyridine rings is 1. The van der Waals surface area contributed by atoms with Gasteiger partial charge in [-0.2, -0.15) is 0 Å². The second-order valence-electron chi connectivity index (χ2n) is 1.92. The number of hydrogen-bond donors (Lipinski definition) is 0. The molecule has 1 rings (SSSR count). The van der Waals surface area contributed by atoms with Crippen molar-refractivity contribution in [3.63, 3.8) is 0 Å².